The lowest BCUT2D eigenvalue weighted by Gasteiger charge is -2.36. The van der Waals surface area contributed by atoms with E-state index in [9.17, 15) is 4.79 Å². The van der Waals surface area contributed by atoms with Crippen molar-refractivity contribution in [3.8, 4) is 0 Å². The summed E-state index contributed by atoms with van der Waals surface area (Å²) in [5, 5.41) is 0. The lowest BCUT2D eigenvalue weighted by atomic mass is 9.99. The molecule has 2 heterocycles. The maximum Gasteiger partial charge on any atom is 0.310 e. The van der Waals surface area contributed by atoms with Crippen molar-refractivity contribution in [2.45, 2.75) is 26.3 Å². The van der Waals surface area contributed by atoms with E-state index in [0.29, 0.717) is 13.0 Å². The molecule has 0 aromatic heterocycles. The first-order valence-corrected chi connectivity index (χ1v) is 12.1. The van der Waals surface area contributed by atoms with Gasteiger partial charge in [-0.1, -0.05) is 66.7 Å². The molecule has 3 aromatic rings. The molecule has 34 heavy (non-hydrogen) atoms. The van der Waals surface area contributed by atoms with E-state index < -0.39 is 0 Å². The zero-order valence-corrected chi connectivity index (χ0v) is 19.7. The minimum atomic E-state index is -0.169. The van der Waals surface area contributed by atoms with E-state index in [1.54, 1.807) is 0 Å². The first-order chi connectivity index (χ1) is 16.7. The molecule has 0 atom stereocenters. The van der Waals surface area contributed by atoms with Gasteiger partial charge >= 0.3 is 5.97 Å². The van der Waals surface area contributed by atoms with Crippen LogP contribution in [0.4, 0.5) is 5.69 Å². The van der Waals surface area contributed by atoms with E-state index in [-0.39, 0.29) is 5.97 Å². The van der Waals surface area contributed by atoms with Crippen molar-refractivity contribution in [2.24, 2.45) is 4.99 Å². The number of carbonyl (C=O) groups is 1. The molecule has 2 aliphatic rings. The molecule has 0 N–H and O–H groups in total. The zero-order valence-electron chi connectivity index (χ0n) is 19.7. The van der Waals surface area contributed by atoms with Gasteiger partial charge in [0.2, 0.25) is 0 Å². The first-order valence-electron chi connectivity index (χ1n) is 12.1. The lowest BCUT2D eigenvalue weighted by molar-refractivity contribution is -0.142. The second kappa shape index (κ2) is 10.2. The summed E-state index contributed by atoms with van der Waals surface area (Å²) < 4.78 is 5.05. The Morgan fingerprint density at radius 2 is 1.53 bits per heavy atom. The van der Waals surface area contributed by atoms with E-state index in [1.165, 1.54) is 22.3 Å². The van der Waals surface area contributed by atoms with Crippen LogP contribution in [0.2, 0.25) is 0 Å². The standard InChI is InChI=1S/C29H31N3O2/c1-2-34-28(33)19-22-11-13-23(14-12-22)21-31-15-17-32(18-16-31)29-26-9-5-3-7-24(26)20-25-8-4-6-10-27(25)30-29/h3-14H,2,15-21H2,1H3. The average Bonchev–Trinajstić information content (AvgIpc) is 3.03. The van der Waals surface area contributed by atoms with Crippen molar-refractivity contribution in [2.75, 3.05) is 32.8 Å². The molecule has 2 aliphatic heterocycles. The SMILES string of the molecule is CCOC(=O)Cc1ccc(CN2CCN(C3=Nc4ccccc4Cc4ccccc43)CC2)cc1. The van der Waals surface area contributed by atoms with Crippen LogP contribution in [0.5, 0.6) is 0 Å². The van der Waals surface area contributed by atoms with E-state index in [2.05, 4.69) is 70.5 Å². The van der Waals surface area contributed by atoms with Gasteiger partial charge in [-0.05, 0) is 35.2 Å². The number of hydrogen-bond acceptors (Lipinski definition) is 5. The van der Waals surface area contributed by atoms with E-state index in [1.807, 2.05) is 19.1 Å². The van der Waals surface area contributed by atoms with Crippen LogP contribution in [-0.2, 0) is 28.9 Å². The van der Waals surface area contributed by atoms with Crippen molar-refractivity contribution in [3.05, 3.63) is 101 Å². The molecule has 1 saturated heterocycles. The Bertz CT molecular complexity index is 1180. The number of amidine groups is 1. The molecule has 174 valence electrons. The number of carbonyl (C=O) groups excluding carboxylic acids is 1. The number of esters is 1. The minimum Gasteiger partial charge on any atom is -0.466 e. The van der Waals surface area contributed by atoms with Crippen molar-refractivity contribution >= 4 is 17.5 Å². The summed E-state index contributed by atoms with van der Waals surface area (Å²) in [7, 11) is 0. The molecule has 0 amide bonds. The summed E-state index contributed by atoms with van der Waals surface area (Å²) in [6.07, 6.45) is 1.25. The van der Waals surface area contributed by atoms with Crippen LogP contribution in [0.15, 0.2) is 77.8 Å². The third-order valence-corrected chi connectivity index (χ3v) is 6.61. The van der Waals surface area contributed by atoms with Crippen LogP contribution in [0.25, 0.3) is 0 Å². The molecule has 3 aromatic carbocycles. The fourth-order valence-corrected chi connectivity index (χ4v) is 4.80. The monoisotopic (exact) mass is 453 g/mol. The smallest absolute Gasteiger partial charge is 0.310 e. The summed E-state index contributed by atoms with van der Waals surface area (Å²) >= 11 is 0. The highest BCUT2D eigenvalue weighted by Crippen LogP contribution is 2.29. The molecule has 5 rings (SSSR count). The van der Waals surface area contributed by atoms with Crippen LogP contribution in [0.1, 0.15) is 34.7 Å². The number of benzene rings is 3. The van der Waals surface area contributed by atoms with Gasteiger partial charge in [0.25, 0.3) is 0 Å². The Morgan fingerprint density at radius 1 is 0.853 bits per heavy atom. The Hall–Kier alpha value is -3.44. The van der Waals surface area contributed by atoms with Gasteiger partial charge in [-0.2, -0.15) is 0 Å². The Morgan fingerprint density at radius 3 is 2.29 bits per heavy atom. The molecule has 5 nitrogen and oxygen atoms in total. The van der Waals surface area contributed by atoms with Gasteiger partial charge in [-0.15, -0.1) is 0 Å². The highest BCUT2D eigenvalue weighted by atomic mass is 16.5. The van der Waals surface area contributed by atoms with Gasteiger partial charge < -0.3 is 9.64 Å². The van der Waals surface area contributed by atoms with Gasteiger partial charge in [-0.3, -0.25) is 9.69 Å². The minimum absolute atomic E-state index is 0.169. The zero-order chi connectivity index (χ0) is 23.3. The van der Waals surface area contributed by atoms with Gasteiger partial charge in [0, 0.05) is 44.7 Å². The number of ether oxygens (including phenoxy) is 1. The molecule has 1 fully saturated rings. The maximum atomic E-state index is 11.7. The van der Waals surface area contributed by atoms with Gasteiger partial charge in [0.15, 0.2) is 0 Å². The second-order valence-corrected chi connectivity index (χ2v) is 8.96. The van der Waals surface area contributed by atoms with Crippen molar-refractivity contribution in [1.82, 2.24) is 9.80 Å². The average molecular weight is 454 g/mol. The number of hydrogen-bond donors (Lipinski definition) is 0. The summed E-state index contributed by atoms with van der Waals surface area (Å²) in [4.78, 5) is 21.8. The fourth-order valence-electron chi connectivity index (χ4n) is 4.80. The van der Waals surface area contributed by atoms with Gasteiger partial charge in [0.05, 0.1) is 18.7 Å². The van der Waals surface area contributed by atoms with Crippen molar-refractivity contribution < 1.29 is 9.53 Å². The van der Waals surface area contributed by atoms with Crippen molar-refractivity contribution in [1.29, 1.82) is 0 Å². The van der Waals surface area contributed by atoms with Crippen LogP contribution >= 0.6 is 0 Å². The fraction of sp³-hybridized carbons (Fsp3) is 0.310. The normalized spacial score (nSPS) is 15.7. The predicted octanol–water partition coefficient (Wildman–Crippen LogP) is 4.59. The molecule has 0 aliphatic carbocycles. The Labute approximate surface area is 201 Å². The number of rotatable bonds is 5. The molecule has 0 saturated carbocycles. The highest BCUT2D eigenvalue weighted by molar-refractivity contribution is 6.02. The molecule has 0 bridgehead atoms. The van der Waals surface area contributed by atoms with Crippen LogP contribution < -0.4 is 0 Å². The topological polar surface area (TPSA) is 45.1 Å². The third-order valence-electron chi connectivity index (χ3n) is 6.61. The first kappa shape index (κ1) is 22.4. The number of aliphatic imine (C=N–C) groups is 1. The summed E-state index contributed by atoms with van der Waals surface area (Å²) in [5.74, 6) is 0.931. The van der Waals surface area contributed by atoms with E-state index >= 15 is 0 Å². The summed E-state index contributed by atoms with van der Waals surface area (Å²) in [6.45, 7) is 7.07. The predicted molar refractivity (Wildman–Crippen MR) is 136 cm³/mol. The molecular formula is C29H31N3O2. The van der Waals surface area contributed by atoms with E-state index in [4.69, 9.17) is 9.73 Å². The maximum absolute atomic E-state index is 11.7. The van der Waals surface area contributed by atoms with E-state index in [0.717, 1.165) is 56.2 Å². The molecule has 0 unspecified atom stereocenters. The molecular weight excluding hydrogens is 422 g/mol. The van der Waals surface area contributed by atoms with Gasteiger partial charge in [0.1, 0.15) is 5.84 Å². The Kier molecular flexibility index (Phi) is 6.72. The Balaban J connectivity index is 1.25. The summed E-state index contributed by atoms with van der Waals surface area (Å²) in [5.41, 5.74) is 7.24. The lowest BCUT2D eigenvalue weighted by Crippen LogP contribution is -2.48. The quantitative estimate of drug-likeness (QED) is 0.530. The molecule has 5 heteroatoms. The largest absolute Gasteiger partial charge is 0.466 e. The molecule has 0 radical (unpaired) electrons. The van der Waals surface area contributed by atoms with Crippen molar-refractivity contribution in [3.63, 3.8) is 0 Å². The second-order valence-electron chi connectivity index (χ2n) is 8.96. The highest BCUT2D eigenvalue weighted by Gasteiger charge is 2.24. The third kappa shape index (κ3) is 5.05. The summed E-state index contributed by atoms with van der Waals surface area (Å²) in [6, 6.07) is 25.5. The number of para-hydroxylation sites is 1. The van der Waals surface area contributed by atoms with Crippen LogP contribution in [0, 0.1) is 0 Å². The van der Waals surface area contributed by atoms with Crippen LogP contribution in [-0.4, -0.2) is 54.4 Å². The van der Waals surface area contributed by atoms with Gasteiger partial charge in [-0.25, -0.2) is 4.99 Å². The number of piperazine rings is 1. The van der Waals surface area contributed by atoms with Crippen LogP contribution in [0.3, 0.4) is 0 Å². The number of nitrogens with zero attached hydrogens (tertiary/aromatic N) is 3. The molecule has 0 spiro atoms. The number of fused-ring (bicyclic) bond motifs is 2.